The van der Waals surface area contributed by atoms with Crippen molar-refractivity contribution in [1.82, 2.24) is 9.97 Å². The molecule has 1 aromatic carbocycles. The molecule has 0 aliphatic carbocycles. The zero-order chi connectivity index (χ0) is 13.0. The number of rotatable bonds is 4. The summed E-state index contributed by atoms with van der Waals surface area (Å²) in [6.07, 6.45) is 2.68. The van der Waals surface area contributed by atoms with Crippen LogP contribution in [0, 0.1) is 0 Å². The number of ether oxygens (including phenoxy) is 1. The number of benzene rings is 1. The van der Waals surface area contributed by atoms with Gasteiger partial charge in [0.05, 0.1) is 10.7 Å². The lowest BCUT2D eigenvalue weighted by atomic mass is 10.2. The number of nitrogens with one attached hydrogen (secondary N) is 1. The first-order valence-electron chi connectivity index (χ1n) is 5.70. The quantitative estimate of drug-likeness (QED) is 0.937. The molecule has 5 heteroatoms. The first-order chi connectivity index (χ1) is 8.72. The van der Waals surface area contributed by atoms with Crippen molar-refractivity contribution < 1.29 is 4.74 Å². The van der Waals surface area contributed by atoms with Crippen molar-refractivity contribution >= 4 is 21.9 Å². The second kappa shape index (κ2) is 5.82. The fourth-order valence-electron chi connectivity index (χ4n) is 1.45. The Morgan fingerprint density at radius 2 is 2.00 bits per heavy atom. The lowest BCUT2D eigenvalue weighted by Gasteiger charge is -2.08. The Balaban J connectivity index is 2.21. The molecule has 94 valence electrons. The normalized spacial score (nSPS) is 10.2. The number of hydrogen-bond acceptors (Lipinski definition) is 4. The minimum Gasteiger partial charge on any atom is -0.438 e. The molecule has 0 amide bonds. The van der Waals surface area contributed by atoms with Gasteiger partial charge < -0.3 is 10.1 Å². The Kier molecular flexibility index (Phi) is 4.15. The minimum atomic E-state index is 0.499. The maximum Gasteiger partial charge on any atom is 0.238 e. The molecule has 0 radical (unpaired) electrons. The van der Waals surface area contributed by atoms with Crippen molar-refractivity contribution in [3.63, 3.8) is 0 Å². The number of halogens is 1. The van der Waals surface area contributed by atoms with Gasteiger partial charge in [0.15, 0.2) is 0 Å². The van der Waals surface area contributed by atoms with Crippen molar-refractivity contribution in [2.75, 3.05) is 12.4 Å². The molecule has 1 N–H and O–H groups in total. The van der Waals surface area contributed by atoms with Crippen LogP contribution in [0.25, 0.3) is 0 Å². The van der Waals surface area contributed by atoms with Crippen LogP contribution in [0.4, 0.5) is 5.95 Å². The first-order valence-corrected chi connectivity index (χ1v) is 6.49. The molecule has 0 aliphatic rings. The summed E-state index contributed by atoms with van der Waals surface area (Å²) in [7, 11) is 1.77. The van der Waals surface area contributed by atoms with E-state index in [4.69, 9.17) is 4.74 Å². The van der Waals surface area contributed by atoms with E-state index in [0.717, 1.165) is 16.6 Å². The zero-order valence-corrected chi connectivity index (χ0v) is 11.9. The highest BCUT2D eigenvalue weighted by atomic mass is 79.9. The third kappa shape index (κ3) is 2.98. The predicted molar refractivity (Wildman–Crippen MR) is 75.2 cm³/mol. The summed E-state index contributed by atoms with van der Waals surface area (Å²) in [6, 6.07) is 7.96. The van der Waals surface area contributed by atoms with Crippen molar-refractivity contribution in [2.24, 2.45) is 0 Å². The molecule has 0 aliphatic heterocycles. The highest BCUT2D eigenvalue weighted by Crippen LogP contribution is 2.27. The van der Waals surface area contributed by atoms with Crippen LogP contribution in [0.1, 0.15) is 12.5 Å². The molecule has 0 saturated carbocycles. The standard InChI is InChI=1S/C13H14BrN3O/c1-3-9-4-6-10(7-5-9)18-12-11(14)8-16-13(15-2)17-12/h4-8H,3H2,1-2H3,(H,15,16,17). The van der Waals surface area contributed by atoms with Crippen LogP contribution in [0.3, 0.4) is 0 Å². The van der Waals surface area contributed by atoms with Gasteiger partial charge in [0.2, 0.25) is 11.8 Å². The van der Waals surface area contributed by atoms with E-state index in [0.29, 0.717) is 11.8 Å². The summed E-state index contributed by atoms with van der Waals surface area (Å²) < 4.78 is 6.44. The molecule has 0 saturated heterocycles. The van der Waals surface area contributed by atoms with Crippen LogP contribution in [-0.4, -0.2) is 17.0 Å². The van der Waals surface area contributed by atoms with Crippen molar-refractivity contribution in [3.05, 3.63) is 40.5 Å². The maximum atomic E-state index is 5.71. The number of aromatic nitrogens is 2. The van der Waals surface area contributed by atoms with Gasteiger partial charge in [-0.2, -0.15) is 4.98 Å². The monoisotopic (exact) mass is 307 g/mol. The number of nitrogens with zero attached hydrogens (tertiary/aromatic N) is 2. The summed E-state index contributed by atoms with van der Waals surface area (Å²) >= 11 is 3.37. The van der Waals surface area contributed by atoms with Gasteiger partial charge in [0.1, 0.15) is 5.75 Å². The smallest absolute Gasteiger partial charge is 0.238 e. The van der Waals surface area contributed by atoms with Crippen molar-refractivity contribution in [2.45, 2.75) is 13.3 Å². The van der Waals surface area contributed by atoms with E-state index in [1.54, 1.807) is 13.2 Å². The molecule has 0 bridgehead atoms. The molecule has 4 nitrogen and oxygen atoms in total. The molecule has 2 aromatic rings. The van der Waals surface area contributed by atoms with Crippen LogP contribution in [0.2, 0.25) is 0 Å². The van der Waals surface area contributed by atoms with Gasteiger partial charge in [0, 0.05) is 7.05 Å². The van der Waals surface area contributed by atoms with Crippen molar-refractivity contribution in [3.8, 4) is 11.6 Å². The molecule has 0 spiro atoms. The van der Waals surface area contributed by atoms with E-state index < -0.39 is 0 Å². The fraction of sp³-hybridized carbons (Fsp3) is 0.231. The molecule has 0 unspecified atom stereocenters. The van der Waals surface area contributed by atoms with Crippen LogP contribution < -0.4 is 10.1 Å². The Labute approximate surface area is 115 Å². The molecule has 1 aromatic heterocycles. The second-order valence-electron chi connectivity index (χ2n) is 3.70. The Morgan fingerprint density at radius 3 is 2.61 bits per heavy atom. The summed E-state index contributed by atoms with van der Waals surface area (Å²) in [5.74, 6) is 1.78. The summed E-state index contributed by atoms with van der Waals surface area (Å²) in [5.41, 5.74) is 1.28. The lowest BCUT2D eigenvalue weighted by molar-refractivity contribution is 0.459. The first kappa shape index (κ1) is 12.8. The third-order valence-corrected chi connectivity index (χ3v) is 3.03. The van der Waals surface area contributed by atoms with Crippen LogP contribution in [-0.2, 0) is 6.42 Å². The maximum absolute atomic E-state index is 5.71. The zero-order valence-electron chi connectivity index (χ0n) is 10.3. The largest absolute Gasteiger partial charge is 0.438 e. The van der Waals surface area contributed by atoms with Gasteiger partial charge >= 0.3 is 0 Å². The highest BCUT2D eigenvalue weighted by Gasteiger charge is 2.06. The van der Waals surface area contributed by atoms with E-state index in [1.165, 1.54) is 5.56 Å². The Morgan fingerprint density at radius 1 is 1.28 bits per heavy atom. The van der Waals surface area contributed by atoms with E-state index in [-0.39, 0.29) is 0 Å². The molecule has 1 heterocycles. The topological polar surface area (TPSA) is 47.0 Å². The van der Waals surface area contributed by atoms with E-state index in [2.05, 4.69) is 38.1 Å². The van der Waals surface area contributed by atoms with Gasteiger partial charge in [-0.1, -0.05) is 19.1 Å². The second-order valence-corrected chi connectivity index (χ2v) is 4.55. The van der Waals surface area contributed by atoms with Gasteiger partial charge in [0.25, 0.3) is 0 Å². The van der Waals surface area contributed by atoms with E-state index >= 15 is 0 Å². The SMILES string of the molecule is CCc1ccc(Oc2nc(NC)ncc2Br)cc1. The van der Waals surface area contributed by atoms with Crippen LogP contribution >= 0.6 is 15.9 Å². The van der Waals surface area contributed by atoms with Crippen LogP contribution in [0.5, 0.6) is 11.6 Å². The average Bonchev–Trinajstić information content (AvgIpc) is 2.42. The summed E-state index contributed by atoms with van der Waals surface area (Å²) in [5, 5.41) is 2.88. The molecule has 0 atom stereocenters. The number of anilines is 1. The summed E-state index contributed by atoms with van der Waals surface area (Å²) in [6.45, 7) is 2.12. The fourth-order valence-corrected chi connectivity index (χ4v) is 1.72. The number of hydrogen-bond donors (Lipinski definition) is 1. The highest BCUT2D eigenvalue weighted by molar-refractivity contribution is 9.10. The van der Waals surface area contributed by atoms with Gasteiger partial charge in [-0.3, -0.25) is 0 Å². The van der Waals surface area contributed by atoms with Gasteiger partial charge in [-0.25, -0.2) is 4.98 Å². The number of aryl methyl sites for hydroxylation is 1. The predicted octanol–water partition coefficient (Wildman–Crippen LogP) is 3.64. The lowest BCUT2D eigenvalue weighted by Crippen LogP contribution is -1.98. The van der Waals surface area contributed by atoms with Crippen molar-refractivity contribution in [1.29, 1.82) is 0 Å². The molecular formula is C13H14BrN3O. The Bertz CT molecular complexity index is 528. The van der Waals surface area contributed by atoms with Gasteiger partial charge in [-0.05, 0) is 40.0 Å². The average molecular weight is 308 g/mol. The molecule has 18 heavy (non-hydrogen) atoms. The summed E-state index contributed by atoms with van der Waals surface area (Å²) in [4.78, 5) is 8.31. The van der Waals surface area contributed by atoms with E-state index in [1.807, 2.05) is 24.3 Å². The third-order valence-electron chi connectivity index (χ3n) is 2.48. The molecule has 2 rings (SSSR count). The molecule has 0 fully saturated rings. The van der Waals surface area contributed by atoms with Gasteiger partial charge in [-0.15, -0.1) is 0 Å². The molecular weight excluding hydrogens is 294 g/mol. The minimum absolute atomic E-state index is 0.499. The Hall–Kier alpha value is -1.62. The van der Waals surface area contributed by atoms with Crippen LogP contribution in [0.15, 0.2) is 34.9 Å². The van der Waals surface area contributed by atoms with E-state index in [9.17, 15) is 0 Å².